The minimum atomic E-state index is 0.532. The van der Waals surface area contributed by atoms with Crippen LogP contribution in [0.1, 0.15) is 37.3 Å². The number of nitrogens with zero attached hydrogens (tertiary/aromatic N) is 4. The highest BCUT2D eigenvalue weighted by Crippen LogP contribution is 2.37. The van der Waals surface area contributed by atoms with E-state index in [1.165, 1.54) is 25.7 Å². The standard InChI is InChI=1S/C13H16IN5/c1-19-9(6-7-16-19)13-17-11(8-4-2-3-5-8)10(14)12(15)18-13/h6-8H,2-5H2,1H3,(H2,15,17,18). The molecule has 0 amide bonds. The molecule has 0 aliphatic heterocycles. The largest absolute Gasteiger partial charge is 0.383 e. The number of rotatable bonds is 2. The van der Waals surface area contributed by atoms with Crippen molar-refractivity contribution in [2.24, 2.45) is 7.05 Å². The van der Waals surface area contributed by atoms with E-state index in [1.54, 1.807) is 10.9 Å². The Balaban J connectivity index is 2.10. The third-order valence-corrected chi connectivity index (χ3v) is 4.80. The molecule has 2 aromatic heterocycles. The lowest BCUT2D eigenvalue weighted by atomic mass is 10.0. The van der Waals surface area contributed by atoms with Crippen LogP contribution in [0.2, 0.25) is 0 Å². The summed E-state index contributed by atoms with van der Waals surface area (Å²) in [5, 5.41) is 4.17. The summed E-state index contributed by atoms with van der Waals surface area (Å²) in [4.78, 5) is 9.17. The average Bonchev–Trinajstić information content (AvgIpc) is 3.03. The normalized spacial score (nSPS) is 16.1. The zero-order valence-corrected chi connectivity index (χ0v) is 13.0. The fourth-order valence-corrected chi connectivity index (χ4v) is 3.34. The van der Waals surface area contributed by atoms with Gasteiger partial charge in [0.15, 0.2) is 5.82 Å². The Morgan fingerprint density at radius 3 is 2.68 bits per heavy atom. The van der Waals surface area contributed by atoms with E-state index in [-0.39, 0.29) is 0 Å². The molecule has 3 rings (SSSR count). The Morgan fingerprint density at radius 1 is 1.32 bits per heavy atom. The van der Waals surface area contributed by atoms with E-state index in [2.05, 4.69) is 32.7 Å². The Bertz CT molecular complexity index is 601. The van der Waals surface area contributed by atoms with Crippen LogP contribution in [0.4, 0.5) is 5.82 Å². The lowest BCUT2D eigenvalue weighted by Crippen LogP contribution is -2.09. The Kier molecular flexibility index (Phi) is 3.42. The molecule has 5 nitrogen and oxygen atoms in total. The minimum Gasteiger partial charge on any atom is -0.383 e. The highest BCUT2D eigenvalue weighted by molar-refractivity contribution is 14.1. The molecule has 1 aliphatic rings. The summed E-state index contributed by atoms with van der Waals surface area (Å²) >= 11 is 2.27. The van der Waals surface area contributed by atoms with Gasteiger partial charge in [-0.05, 0) is 41.5 Å². The Hall–Kier alpha value is -1.18. The van der Waals surface area contributed by atoms with Crippen molar-refractivity contribution in [3.8, 4) is 11.5 Å². The molecule has 2 N–H and O–H groups in total. The second-order valence-electron chi connectivity index (χ2n) is 4.95. The summed E-state index contributed by atoms with van der Waals surface area (Å²) in [6.45, 7) is 0. The monoisotopic (exact) mass is 369 g/mol. The topological polar surface area (TPSA) is 69.6 Å². The van der Waals surface area contributed by atoms with Crippen molar-refractivity contribution in [1.29, 1.82) is 0 Å². The number of hydrogen-bond acceptors (Lipinski definition) is 4. The summed E-state index contributed by atoms with van der Waals surface area (Å²) in [6.07, 6.45) is 6.73. The molecule has 0 unspecified atom stereocenters. The molecule has 0 aromatic carbocycles. The first-order valence-corrected chi connectivity index (χ1v) is 7.56. The van der Waals surface area contributed by atoms with Gasteiger partial charge in [-0.1, -0.05) is 12.8 Å². The van der Waals surface area contributed by atoms with Crippen LogP contribution in [0.25, 0.3) is 11.5 Å². The molecule has 100 valence electrons. The molecule has 0 bridgehead atoms. The van der Waals surface area contributed by atoms with Crippen LogP contribution < -0.4 is 5.73 Å². The fraction of sp³-hybridized carbons (Fsp3) is 0.462. The fourth-order valence-electron chi connectivity index (χ4n) is 2.66. The van der Waals surface area contributed by atoms with Crippen LogP contribution in [-0.4, -0.2) is 19.7 Å². The van der Waals surface area contributed by atoms with Gasteiger partial charge in [-0.15, -0.1) is 0 Å². The van der Waals surface area contributed by atoms with Gasteiger partial charge in [0.2, 0.25) is 0 Å². The SMILES string of the molecule is Cn1nccc1-c1nc(N)c(I)c(C2CCCC2)n1. The molecular formula is C13H16IN5. The molecular weight excluding hydrogens is 353 g/mol. The van der Waals surface area contributed by atoms with Gasteiger partial charge < -0.3 is 5.73 Å². The maximum atomic E-state index is 6.06. The van der Waals surface area contributed by atoms with Crippen molar-refractivity contribution in [1.82, 2.24) is 19.7 Å². The summed E-state index contributed by atoms with van der Waals surface area (Å²) in [7, 11) is 1.89. The van der Waals surface area contributed by atoms with Crippen LogP contribution in [0.5, 0.6) is 0 Å². The molecule has 1 aliphatic carbocycles. The molecule has 2 aromatic rings. The van der Waals surface area contributed by atoms with Gasteiger partial charge in [-0.2, -0.15) is 5.10 Å². The molecule has 1 fully saturated rings. The first kappa shape index (κ1) is 12.8. The average molecular weight is 369 g/mol. The van der Waals surface area contributed by atoms with Crippen LogP contribution >= 0.6 is 22.6 Å². The maximum absolute atomic E-state index is 6.06. The second-order valence-corrected chi connectivity index (χ2v) is 6.03. The van der Waals surface area contributed by atoms with Crippen LogP contribution in [-0.2, 0) is 7.05 Å². The third kappa shape index (κ3) is 2.33. The third-order valence-electron chi connectivity index (χ3n) is 3.69. The number of aromatic nitrogens is 4. The number of anilines is 1. The summed E-state index contributed by atoms with van der Waals surface area (Å²) in [5.74, 6) is 1.79. The zero-order chi connectivity index (χ0) is 13.4. The lowest BCUT2D eigenvalue weighted by Gasteiger charge is -2.14. The van der Waals surface area contributed by atoms with Crippen molar-refractivity contribution >= 4 is 28.4 Å². The van der Waals surface area contributed by atoms with Crippen LogP contribution in [0.3, 0.4) is 0 Å². The molecule has 6 heteroatoms. The van der Waals surface area contributed by atoms with E-state index in [0.717, 1.165) is 15.0 Å². The molecule has 0 spiro atoms. The highest BCUT2D eigenvalue weighted by Gasteiger charge is 2.24. The summed E-state index contributed by atoms with van der Waals surface area (Å²) in [6, 6.07) is 1.92. The maximum Gasteiger partial charge on any atom is 0.180 e. The van der Waals surface area contributed by atoms with Crippen LogP contribution in [0, 0.1) is 3.57 Å². The molecule has 0 atom stereocenters. The van der Waals surface area contributed by atoms with E-state index in [0.29, 0.717) is 17.6 Å². The minimum absolute atomic E-state index is 0.532. The van der Waals surface area contributed by atoms with Crippen molar-refractivity contribution in [2.75, 3.05) is 5.73 Å². The van der Waals surface area contributed by atoms with E-state index < -0.39 is 0 Å². The number of aryl methyl sites for hydroxylation is 1. The second kappa shape index (κ2) is 5.07. The van der Waals surface area contributed by atoms with Gasteiger partial charge >= 0.3 is 0 Å². The van der Waals surface area contributed by atoms with Crippen molar-refractivity contribution in [3.63, 3.8) is 0 Å². The van der Waals surface area contributed by atoms with Gasteiger partial charge in [-0.3, -0.25) is 4.68 Å². The Morgan fingerprint density at radius 2 is 2.05 bits per heavy atom. The number of halogens is 1. The van der Waals surface area contributed by atoms with Gasteiger partial charge in [0.1, 0.15) is 11.5 Å². The van der Waals surface area contributed by atoms with E-state index in [1.807, 2.05) is 13.1 Å². The van der Waals surface area contributed by atoms with Gasteiger partial charge in [0.05, 0.1) is 9.26 Å². The quantitative estimate of drug-likeness (QED) is 0.827. The van der Waals surface area contributed by atoms with Gasteiger partial charge in [0, 0.05) is 19.2 Å². The van der Waals surface area contributed by atoms with E-state index in [4.69, 9.17) is 10.7 Å². The molecule has 19 heavy (non-hydrogen) atoms. The number of nitrogen functional groups attached to an aromatic ring is 1. The number of hydrogen-bond donors (Lipinski definition) is 1. The summed E-state index contributed by atoms with van der Waals surface area (Å²) < 4.78 is 2.79. The predicted molar refractivity (Wildman–Crippen MR) is 82.6 cm³/mol. The Labute approximate surface area is 125 Å². The van der Waals surface area contributed by atoms with Crippen molar-refractivity contribution in [2.45, 2.75) is 31.6 Å². The summed E-state index contributed by atoms with van der Waals surface area (Å²) in [5.41, 5.74) is 8.07. The molecule has 0 saturated heterocycles. The van der Waals surface area contributed by atoms with Gasteiger partial charge in [0.25, 0.3) is 0 Å². The highest BCUT2D eigenvalue weighted by atomic mass is 127. The van der Waals surface area contributed by atoms with E-state index in [9.17, 15) is 0 Å². The van der Waals surface area contributed by atoms with E-state index >= 15 is 0 Å². The smallest absolute Gasteiger partial charge is 0.180 e. The molecule has 1 saturated carbocycles. The zero-order valence-electron chi connectivity index (χ0n) is 10.8. The van der Waals surface area contributed by atoms with Crippen molar-refractivity contribution < 1.29 is 0 Å². The first-order chi connectivity index (χ1) is 9.16. The lowest BCUT2D eigenvalue weighted by molar-refractivity contribution is 0.688. The molecule has 2 heterocycles. The molecule has 0 radical (unpaired) electrons. The number of nitrogens with two attached hydrogens (primary N) is 1. The van der Waals surface area contributed by atoms with Crippen molar-refractivity contribution in [3.05, 3.63) is 21.5 Å². The first-order valence-electron chi connectivity index (χ1n) is 6.48. The van der Waals surface area contributed by atoms with Gasteiger partial charge in [-0.25, -0.2) is 9.97 Å². The van der Waals surface area contributed by atoms with Crippen LogP contribution in [0.15, 0.2) is 12.3 Å². The predicted octanol–water partition coefficient (Wildman–Crippen LogP) is 2.72.